The lowest BCUT2D eigenvalue weighted by atomic mass is 9.98. The van der Waals surface area contributed by atoms with E-state index in [1.807, 2.05) is 48.5 Å². The van der Waals surface area contributed by atoms with Gasteiger partial charge in [0.25, 0.3) is 0 Å². The van der Waals surface area contributed by atoms with Crippen LogP contribution < -0.4 is 0 Å². The van der Waals surface area contributed by atoms with Crippen LogP contribution in [-0.2, 0) is 6.18 Å². The summed E-state index contributed by atoms with van der Waals surface area (Å²) < 4.78 is 81.8. The van der Waals surface area contributed by atoms with Crippen LogP contribution in [-0.4, -0.2) is 29.1 Å². The summed E-state index contributed by atoms with van der Waals surface area (Å²) in [5.41, 5.74) is 1.92. The molecule has 10 rings (SSSR count). The van der Waals surface area contributed by atoms with E-state index >= 15 is 13.2 Å². The minimum Gasteiger partial charge on any atom is -0.309 e. The number of benzene rings is 6. The maximum atomic E-state index is 16.3. The number of para-hydroxylation sites is 2. The van der Waals surface area contributed by atoms with Gasteiger partial charge in [0, 0.05) is 63.5 Å². The highest BCUT2D eigenvalue weighted by Gasteiger charge is 2.39. The summed E-state index contributed by atoms with van der Waals surface area (Å²) in [5.74, 6) is -0.931. The topological polar surface area (TPSA) is 61.4 Å². The minimum absolute atomic E-state index is 0.0667. The van der Waals surface area contributed by atoms with E-state index < -0.39 is 23.4 Å². The van der Waals surface area contributed by atoms with E-state index in [0.717, 1.165) is 18.2 Å². The first-order chi connectivity index (χ1) is 27.2. The Morgan fingerprint density at radius 2 is 0.804 bits per heavy atom. The second-order valence-corrected chi connectivity index (χ2v) is 13.4. The van der Waals surface area contributed by atoms with Crippen LogP contribution in [0, 0.1) is 11.6 Å². The highest BCUT2D eigenvalue weighted by atomic mass is 19.4. The zero-order chi connectivity index (χ0) is 38.1. The van der Waals surface area contributed by atoms with Crippen molar-refractivity contribution in [3.63, 3.8) is 0 Å². The van der Waals surface area contributed by atoms with Crippen LogP contribution >= 0.6 is 0 Å². The number of halogens is 5. The smallest absolute Gasteiger partial charge is 0.309 e. The largest absolute Gasteiger partial charge is 0.420 e. The molecule has 0 saturated carbocycles. The normalized spacial score (nSPS) is 12.0. The summed E-state index contributed by atoms with van der Waals surface area (Å²) in [5, 5.41) is 2.82. The summed E-state index contributed by atoms with van der Waals surface area (Å²) in [6.07, 6.45) is 1.45. The Morgan fingerprint density at radius 3 is 1.25 bits per heavy atom. The van der Waals surface area contributed by atoms with Gasteiger partial charge >= 0.3 is 6.18 Å². The molecule has 270 valence electrons. The standard InChI is InChI=1S/C45H25F5N6/c46-30-19-28(20-31(47)25-30)29-23-40(55-36-9-3-1-7-32(36)34-13-11-26(21-38(34)55)43-51-15-5-16-52-43)42(45(48,49)50)41(24-29)56-37-10-4-2-8-33(37)35-14-12-27(22-39(35)56)44-53-17-6-18-54-44/h1-25H. The Labute approximate surface area is 314 Å². The first-order valence-electron chi connectivity index (χ1n) is 17.6. The van der Waals surface area contributed by atoms with Crippen molar-refractivity contribution < 1.29 is 22.0 Å². The van der Waals surface area contributed by atoms with Gasteiger partial charge in [-0.05, 0) is 71.8 Å². The van der Waals surface area contributed by atoms with Crippen LogP contribution in [0.15, 0.2) is 152 Å². The summed E-state index contributed by atoms with van der Waals surface area (Å²) >= 11 is 0. The molecule has 6 nitrogen and oxygen atoms in total. The lowest BCUT2D eigenvalue weighted by Crippen LogP contribution is -2.16. The van der Waals surface area contributed by atoms with E-state index in [0.29, 0.717) is 66.4 Å². The highest BCUT2D eigenvalue weighted by molar-refractivity contribution is 6.12. The molecule has 56 heavy (non-hydrogen) atoms. The van der Waals surface area contributed by atoms with Gasteiger partial charge in [-0.2, -0.15) is 13.2 Å². The Kier molecular flexibility index (Phi) is 7.53. The molecule has 0 amide bonds. The molecule has 0 spiro atoms. The van der Waals surface area contributed by atoms with E-state index in [1.165, 1.54) is 12.1 Å². The maximum Gasteiger partial charge on any atom is 0.420 e. The molecule has 0 saturated heterocycles. The van der Waals surface area contributed by atoms with Gasteiger partial charge in [0.2, 0.25) is 0 Å². The third-order valence-electron chi connectivity index (χ3n) is 10.1. The number of hydrogen-bond acceptors (Lipinski definition) is 4. The molecule has 6 aromatic carbocycles. The van der Waals surface area contributed by atoms with Gasteiger partial charge in [0.05, 0.1) is 33.4 Å². The molecule has 4 aromatic heterocycles. The van der Waals surface area contributed by atoms with Gasteiger partial charge in [-0.1, -0.05) is 60.7 Å². The van der Waals surface area contributed by atoms with Crippen molar-refractivity contribution in [2.75, 3.05) is 0 Å². The lowest BCUT2D eigenvalue weighted by molar-refractivity contribution is -0.137. The van der Waals surface area contributed by atoms with Gasteiger partial charge in [0.1, 0.15) is 17.2 Å². The molecule has 0 atom stereocenters. The molecular formula is C45H25F5N6. The molecule has 0 bridgehead atoms. The van der Waals surface area contributed by atoms with E-state index in [-0.39, 0.29) is 22.5 Å². The highest BCUT2D eigenvalue weighted by Crippen LogP contribution is 2.46. The van der Waals surface area contributed by atoms with Crippen molar-refractivity contribution in [3.05, 3.63) is 169 Å². The average molecular weight is 745 g/mol. The third kappa shape index (κ3) is 5.38. The molecule has 0 aliphatic rings. The fourth-order valence-electron chi connectivity index (χ4n) is 7.78. The molecule has 0 N–H and O–H groups in total. The third-order valence-corrected chi connectivity index (χ3v) is 10.1. The predicted octanol–water partition coefficient (Wildman–Crippen LogP) is 11.8. The summed E-state index contributed by atoms with van der Waals surface area (Å²) in [6, 6.07) is 34.4. The number of aromatic nitrogens is 6. The summed E-state index contributed by atoms with van der Waals surface area (Å²) in [7, 11) is 0. The molecule has 0 radical (unpaired) electrons. The van der Waals surface area contributed by atoms with Crippen molar-refractivity contribution in [2.45, 2.75) is 6.18 Å². The average Bonchev–Trinajstić information content (AvgIpc) is 3.72. The van der Waals surface area contributed by atoms with Crippen molar-refractivity contribution >= 4 is 43.6 Å². The molecule has 0 unspecified atom stereocenters. The van der Waals surface area contributed by atoms with E-state index in [2.05, 4.69) is 19.9 Å². The number of rotatable bonds is 5. The first-order valence-corrected chi connectivity index (χ1v) is 17.6. The number of hydrogen-bond donors (Lipinski definition) is 0. The lowest BCUT2D eigenvalue weighted by Gasteiger charge is -2.23. The number of nitrogens with zero attached hydrogens (tertiary/aromatic N) is 6. The Hall–Kier alpha value is -7.27. The SMILES string of the molecule is Fc1cc(F)cc(-c2cc(-n3c4ccccc4c4ccc(-c5ncccn5)cc43)c(C(F)(F)F)c(-n3c4ccccc4c4ccc(-c5ncccn5)cc43)c2)c1. The second-order valence-electron chi connectivity index (χ2n) is 13.4. The molecule has 0 fully saturated rings. The molecule has 10 aromatic rings. The first kappa shape index (κ1) is 33.3. The van der Waals surface area contributed by atoms with Crippen molar-refractivity contribution in [1.29, 1.82) is 0 Å². The van der Waals surface area contributed by atoms with Gasteiger partial charge in [0.15, 0.2) is 11.6 Å². The van der Waals surface area contributed by atoms with E-state index in [9.17, 15) is 8.78 Å². The van der Waals surface area contributed by atoms with Gasteiger partial charge in [-0.15, -0.1) is 0 Å². The fourth-order valence-corrected chi connectivity index (χ4v) is 7.78. The zero-order valence-corrected chi connectivity index (χ0v) is 29.0. The molecule has 0 aliphatic carbocycles. The van der Waals surface area contributed by atoms with Gasteiger partial charge in [-0.25, -0.2) is 28.7 Å². The van der Waals surface area contributed by atoms with E-state index in [1.54, 1.807) is 82.5 Å². The molecule has 0 aliphatic heterocycles. The minimum atomic E-state index is -4.94. The van der Waals surface area contributed by atoms with Crippen molar-refractivity contribution in [1.82, 2.24) is 29.1 Å². The number of fused-ring (bicyclic) bond motifs is 6. The Morgan fingerprint density at radius 1 is 0.393 bits per heavy atom. The van der Waals surface area contributed by atoms with E-state index in [4.69, 9.17) is 0 Å². The quantitative estimate of drug-likeness (QED) is 0.165. The monoisotopic (exact) mass is 744 g/mol. The van der Waals surface area contributed by atoms with Gasteiger partial charge < -0.3 is 9.13 Å². The summed E-state index contributed by atoms with van der Waals surface area (Å²) in [4.78, 5) is 17.6. The van der Waals surface area contributed by atoms with Crippen LogP contribution in [0.3, 0.4) is 0 Å². The predicted molar refractivity (Wildman–Crippen MR) is 208 cm³/mol. The van der Waals surface area contributed by atoms with Crippen molar-refractivity contribution in [2.24, 2.45) is 0 Å². The van der Waals surface area contributed by atoms with Crippen LogP contribution in [0.5, 0.6) is 0 Å². The van der Waals surface area contributed by atoms with Crippen LogP contribution in [0.4, 0.5) is 22.0 Å². The Bertz CT molecular complexity index is 2960. The summed E-state index contributed by atoms with van der Waals surface area (Å²) in [6.45, 7) is 0. The van der Waals surface area contributed by atoms with Crippen LogP contribution in [0.1, 0.15) is 5.56 Å². The fraction of sp³-hybridized carbons (Fsp3) is 0.0222. The van der Waals surface area contributed by atoms with Crippen molar-refractivity contribution in [3.8, 4) is 45.3 Å². The van der Waals surface area contributed by atoms with Gasteiger partial charge in [-0.3, -0.25) is 0 Å². The maximum absolute atomic E-state index is 16.3. The van der Waals surface area contributed by atoms with Crippen LogP contribution in [0.25, 0.3) is 88.9 Å². The molecular weight excluding hydrogens is 720 g/mol. The zero-order valence-electron chi connectivity index (χ0n) is 29.0. The number of alkyl halides is 3. The Balaban J connectivity index is 1.39. The molecule has 4 heterocycles. The second kappa shape index (κ2) is 12.7. The van der Waals surface area contributed by atoms with Crippen LogP contribution in [0.2, 0.25) is 0 Å². The molecule has 11 heteroatoms.